The van der Waals surface area contributed by atoms with Gasteiger partial charge in [0.25, 0.3) is 11.9 Å². The van der Waals surface area contributed by atoms with Crippen molar-refractivity contribution in [2.45, 2.75) is 48.0 Å². The molecule has 4 unspecified atom stereocenters. The molecule has 3 aliphatic rings. The summed E-state index contributed by atoms with van der Waals surface area (Å²) in [4.78, 5) is 22.4. The SMILES string of the molecule is [C-]#[N+]C1CON(Cc2ccccc2)C1C1=C[C@@H]2CCC(C1)C2S(=O)(=O)c1cc(C(=O)Nc2cc(F)c(F)c(F)c2)ccc1Cl. The summed E-state index contributed by atoms with van der Waals surface area (Å²) >= 11 is 6.38. The highest BCUT2D eigenvalue weighted by Gasteiger charge is 2.51. The van der Waals surface area contributed by atoms with E-state index < -0.39 is 44.5 Å². The number of amides is 1. The number of nitrogens with zero attached hydrogens (tertiary/aromatic N) is 2. The van der Waals surface area contributed by atoms with Gasteiger partial charge in [0.1, 0.15) is 12.6 Å². The summed E-state index contributed by atoms with van der Waals surface area (Å²) in [7, 11) is -4.04. The molecule has 1 aliphatic heterocycles. The third kappa shape index (κ3) is 5.63. The van der Waals surface area contributed by atoms with E-state index in [1.807, 2.05) is 41.5 Å². The number of fused-ring (bicyclic) bond motifs is 2. The molecule has 1 saturated heterocycles. The third-order valence-corrected chi connectivity index (χ3v) is 11.4. The number of hydrogen-bond acceptors (Lipinski definition) is 5. The first-order chi connectivity index (χ1) is 21.1. The van der Waals surface area contributed by atoms with Crippen molar-refractivity contribution in [1.29, 1.82) is 0 Å². The van der Waals surface area contributed by atoms with Crippen molar-refractivity contribution in [2.24, 2.45) is 11.8 Å². The van der Waals surface area contributed by atoms with Crippen LogP contribution in [-0.2, 0) is 21.2 Å². The smallest absolute Gasteiger partial charge is 0.269 e. The van der Waals surface area contributed by atoms with Crippen molar-refractivity contribution >= 4 is 33.0 Å². The van der Waals surface area contributed by atoms with E-state index in [-0.39, 0.29) is 45.7 Å². The van der Waals surface area contributed by atoms with Gasteiger partial charge in [0, 0.05) is 23.4 Å². The molecule has 3 aromatic carbocycles. The Hall–Kier alpha value is -3.69. The Kier molecular flexibility index (Phi) is 8.28. The predicted molar refractivity (Wildman–Crippen MR) is 158 cm³/mol. The Balaban J connectivity index is 1.26. The van der Waals surface area contributed by atoms with Gasteiger partial charge in [-0.3, -0.25) is 9.63 Å². The van der Waals surface area contributed by atoms with Crippen molar-refractivity contribution in [3.05, 3.63) is 117 Å². The monoisotopic (exact) mass is 641 g/mol. The second kappa shape index (κ2) is 12.0. The molecule has 0 radical (unpaired) electrons. The van der Waals surface area contributed by atoms with Crippen LogP contribution in [0.25, 0.3) is 4.85 Å². The summed E-state index contributed by atoms with van der Waals surface area (Å²) in [6.07, 6.45) is 3.78. The maximum absolute atomic E-state index is 14.1. The molecule has 1 N–H and O–H groups in total. The summed E-state index contributed by atoms with van der Waals surface area (Å²) in [6.45, 7) is 8.51. The summed E-state index contributed by atoms with van der Waals surface area (Å²) in [5.41, 5.74) is 1.60. The van der Waals surface area contributed by atoms with E-state index in [9.17, 15) is 26.4 Å². The summed E-state index contributed by atoms with van der Waals surface area (Å²) < 4.78 is 68.9. The highest BCUT2D eigenvalue weighted by molar-refractivity contribution is 7.92. The standard InChI is InChI=1S/C32H27ClF3N3O4S/c1-37-27-17-43-39(16-18-5-3-2-4-6-18)30(27)22-11-19-7-8-20(12-22)31(19)44(41,42)28-13-21(9-10-24(28)33)32(40)38-23-14-25(34)29(36)26(35)15-23/h2-6,9-11,13-15,19-20,27,30-31H,7-8,12,16-17H2,(H,38,40)/t19-,20?,27?,30?,31?/m0/s1. The molecule has 44 heavy (non-hydrogen) atoms. The van der Waals surface area contributed by atoms with E-state index in [1.54, 1.807) is 0 Å². The minimum Gasteiger partial charge on any atom is -0.322 e. The number of sulfone groups is 1. The summed E-state index contributed by atoms with van der Waals surface area (Å²) in [5, 5.41) is 3.26. The molecule has 0 aromatic heterocycles. The Morgan fingerprint density at radius 3 is 2.48 bits per heavy atom. The van der Waals surface area contributed by atoms with Gasteiger partial charge in [-0.1, -0.05) is 48.0 Å². The van der Waals surface area contributed by atoms with Crippen LogP contribution in [0.1, 0.15) is 35.2 Å². The minimum atomic E-state index is -4.04. The van der Waals surface area contributed by atoms with E-state index in [4.69, 9.17) is 23.0 Å². The van der Waals surface area contributed by atoms with Crippen molar-refractivity contribution in [1.82, 2.24) is 5.06 Å². The van der Waals surface area contributed by atoms with Crippen LogP contribution in [-0.4, -0.2) is 43.3 Å². The number of carbonyl (C=O) groups excluding carboxylic acids is 1. The number of rotatable bonds is 7. The van der Waals surface area contributed by atoms with E-state index in [2.05, 4.69) is 10.2 Å². The lowest BCUT2D eigenvalue weighted by Crippen LogP contribution is -2.40. The Bertz CT molecular complexity index is 1770. The van der Waals surface area contributed by atoms with Crippen LogP contribution >= 0.6 is 11.6 Å². The number of halogens is 4. The lowest BCUT2D eigenvalue weighted by molar-refractivity contribution is -0.133. The molecule has 5 atom stereocenters. The van der Waals surface area contributed by atoms with E-state index in [0.29, 0.717) is 37.9 Å². The van der Waals surface area contributed by atoms with Crippen LogP contribution in [0.15, 0.2) is 77.2 Å². The maximum atomic E-state index is 14.1. The summed E-state index contributed by atoms with van der Waals surface area (Å²) in [6, 6.07) is 14.1. The number of benzene rings is 3. The fraction of sp³-hybridized carbons (Fsp3) is 0.312. The predicted octanol–water partition coefficient (Wildman–Crippen LogP) is 6.61. The molecule has 1 amide bonds. The van der Waals surface area contributed by atoms with Crippen molar-refractivity contribution in [3.8, 4) is 0 Å². The zero-order chi connectivity index (χ0) is 31.2. The first-order valence-electron chi connectivity index (χ1n) is 14.1. The molecular formula is C32H27ClF3N3O4S. The topological polar surface area (TPSA) is 80.1 Å². The lowest BCUT2D eigenvalue weighted by atomic mass is 9.83. The largest absolute Gasteiger partial charge is 0.322 e. The highest BCUT2D eigenvalue weighted by atomic mass is 35.5. The summed E-state index contributed by atoms with van der Waals surface area (Å²) in [5.74, 6) is -6.02. The number of anilines is 1. The average molecular weight is 642 g/mol. The molecule has 228 valence electrons. The minimum absolute atomic E-state index is 0.0547. The fourth-order valence-electron chi connectivity index (χ4n) is 6.65. The van der Waals surface area contributed by atoms with Gasteiger partial charge in [0.15, 0.2) is 27.3 Å². The second-order valence-electron chi connectivity index (χ2n) is 11.3. The zero-order valence-electron chi connectivity index (χ0n) is 23.2. The van der Waals surface area contributed by atoms with Gasteiger partial charge in [-0.2, -0.15) is 5.06 Å². The van der Waals surface area contributed by atoms with E-state index in [0.717, 1.165) is 17.2 Å². The highest BCUT2D eigenvalue weighted by Crippen LogP contribution is 2.49. The zero-order valence-corrected chi connectivity index (χ0v) is 24.8. The number of hydroxylamine groups is 2. The third-order valence-electron chi connectivity index (χ3n) is 8.60. The van der Waals surface area contributed by atoms with Gasteiger partial charge in [-0.15, -0.1) is 0 Å². The Morgan fingerprint density at radius 2 is 1.80 bits per heavy atom. The van der Waals surface area contributed by atoms with E-state index in [1.165, 1.54) is 12.1 Å². The van der Waals surface area contributed by atoms with Crippen LogP contribution in [0.3, 0.4) is 0 Å². The molecule has 6 rings (SSSR count). The van der Waals surface area contributed by atoms with Crippen LogP contribution in [0.4, 0.5) is 18.9 Å². The van der Waals surface area contributed by atoms with Crippen LogP contribution in [0.2, 0.25) is 5.02 Å². The van der Waals surface area contributed by atoms with Crippen molar-refractivity contribution < 1.29 is 31.2 Å². The van der Waals surface area contributed by atoms with Gasteiger partial charge in [-0.05, 0) is 60.4 Å². The van der Waals surface area contributed by atoms with Gasteiger partial charge >= 0.3 is 0 Å². The van der Waals surface area contributed by atoms with Gasteiger partial charge in [-0.25, -0.2) is 28.2 Å². The molecule has 12 heteroatoms. The maximum Gasteiger partial charge on any atom is 0.269 e. The van der Waals surface area contributed by atoms with Gasteiger partial charge in [0.2, 0.25) is 0 Å². The first-order valence-corrected chi connectivity index (χ1v) is 16.0. The number of hydrogen-bond donors (Lipinski definition) is 1. The first kappa shape index (κ1) is 30.3. The Labute approximate surface area is 258 Å². The van der Waals surface area contributed by atoms with Crippen molar-refractivity contribution in [3.63, 3.8) is 0 Å². The number of nitrogens with one attached hydrogen (secondary N) is 1. The molecule has 2 bridgehead atoms. The molecule has 2 aliphatic carbocycles. The van der Waals surface area contributed by atoms with Crippen LogP contribution in [0, 0.1) is 35.9 Å². The van der Waals surface area contributed by atoms with Gasteiger partial charge < -0.3 is 10.2 Å². The molecule has 0 spiro atoms. The molecule has 2 fully saturated rings. The van der Waals surface area contributed by atoms with Crippen LogP contribution < -0.4 is 5.32 Å². The quantitative estimate of drug-likeness (QED) is 0.178. The fourth-order valence-corrected chi connectivity index (χ4v) is 9.43. The van der Waals surface area contributed by atoms with Crippen molar-refractivity contribution in [2.75, 3.05) is 11.9 Å². The van der Waals surface area contributed by atoms with E-state index >= 15 is 0 Å². The normalized spacial score (nSPS) is 25.0. The number of allylic oxidation sites excluding steroid dienone is 1. The molecule has 1 heterocycles. The molecule has 3 aromatic rings. The van der Waals surface area contributed by atoms with Crippen LogP contribution in [0.5, 0.6) is 0 Å². The second-order valence-corrected chi connectivity index (χ2v) is 13.8. The lowest BCUT2D eigenvalue weighted by Gasteiger charge is -2.33. The molecule has 7 nitrogen and oxygen atoms in total. The Morgan fingerprint density at radius 1 is 1.07 bits per heavy atom. The average Bonchev–Trinajstić information content (AvgIpc) is 3.54. The van der Waals surface area contributed by atoms with Gasteiger partial charge in [0.05, 0.1) is 21.7 Å². The number of carbonyl (C=O) groups is 1. The molecule has 1 saturated carbocycles. The molecular weight excluding hydrogens is 615 g/mol.